The molecule has 0 bridgehead atoms. The fourth-order valence-electron chi connectivity index (χ4n) is 2.19. The first-order chi connectivity index (χ1) is 8.96. The van der Waals surface area contributed by atoms with Gasteiger partial charge in [-0.3, -0.25) is 4.79 Å². The van der Waals surface area contributed by atoms with Gasteiger partial charge >= 0.3 is 0 Å². The molecule has 0 spiro atoms. The Labute approximate surface area is 112 Å². The molecular formula is C12H19N3O3S. The number of sulfone groups is 1. The highest BCUT2D eigenvalue weighted by atomic mass is 32.2. The van der Waals surface area contributed by atoms with Crippen LogP contribution < -0.4 is 11.3 Å². The number of nitrogen functional groups attached to an aromatic ring is 1. The maximum absolute atomic E-state index is 11.6. The maximum atomic E-state index is 11.6. The standard InChI is InChI=1S/C12H19N3O3S/c13-11-2-3-12(16)15(10-11)6-5-14-4-1-8-19(17,18)9-7-14/h2-3,10H,1,4-9,13H2. The van der Waals surface area contributed by atoms with Crippen LogP contribution in [0.5, 0.6) is 0 Å². The van der Waals surface area contributed by atoms with Gasteiger partial charge in [0.1, 0.15) is 0 Å². The molecule has 0 aromatic carbocycles. The number of nitrogens with zero attached hydrogens (tertiary/aromatic N) is 2. The topological polar surface area (TPSA) is 85.4 Å². The first-order valence-electron chi connectivity index (χ1n) is 6.35. The van der Waals surface area contributed by atoms with E-state index in [2.05, 4.69) is 4.90 Å². The number of hydrogen-bond acceptors (Lipinski definition) is 5. The van der Waals surface area contributed by atoms with Crippen LogP contribution in [0.15, 0.2) is 23.1 Å². The Balaban J connectivity index is 1.95. The molecule has 1 aromatic heterocycles. The van der Waals surface area contributed by atoms with Gasteiger partial charge in [0.05, 0.1) is 11.5 Å². The van der Waals surface area contributed by atoms with Crippen LogP contribution >= 0.6 is 0 Å². The summed E-state index contributed by atoms with van der Waals surface area (Å²) >= 11 is 0. The van der Waals surface area contributed by atoms with Gasteiger partial charge in [-0.25, -0.2) is 8.42 Å². The summed E-state index contributed by atoms with van der Waals surface area (Å²) in [6.07, 6.45) is 2.28. The van der Waals surface area contributed by atoms with Gasteiger partial charge in [0, 0.05) is 37.6 Å². The van der Waals surface area contributed by atoms with Crippen molar-refractivity contribution in [2.24, 2.45) is 0 Å². The Kier molecular flexibility index (Phi) is 4.26. The van der Waals surface area contributed by atoms with Crippen LogP contribution in [0.3, 0.4) is 0 Å². The Morgan fingerprint density at radius 2 is 1.95 bits per heavy atom. The second kappa shape index (κ2) is 5.75. The quantitative estimate of drug-likeness (QED) is 0.813. The van der Waals surface area contributed by atoms with Crippen molar-refractivity contribution in [1.29, 1.82) is 0 Å². The molecule has 2 rings (SSSR count). The number of nitrogens with two attached hydrogens (primary N) is 1. The van der Waals surface area contributed by atoms with Crippen LogP contribution in [-0.4, -0.2) is 49.0 Å². The number of hydrogen-bond donors (Lipinski definition) is 1. The first kappa shape index (κ1) is 14.1. The predicted molar refractivity (Wildman–Crippen MR) is 74.8 cm³/mol. The van der Waals surface area contributed by atoms with Crippen molar-refractivity contribution in [2.45, 2.75) is 13.0 Å². The fraction of sp³-hybridized carbons (Fsp3) is 0.583. The van der Waals surface area contributed by atoms with Gasteiger partial charge < -0.3 is 15.2 Å². The highest BCUT2D eigenvalue weighted by molar-refractivity contribution is 7.91. The summed E-state index contributed by atoms with van der Waals surface area (Å²) in [7, 11) is -2.88. The predicted octanol–water partition coefficient (Wildman–Crippen LogP) is -0.449. The minimum absolute atomic E-state index is 0.0864. The molecule has 2 heterocycles. The van der Waals surface area contributed by atoms with E-state index in [0.717, 1.165) is 6.54 Å². The summed E-state index contributed by atoms with van der Waals surface area (Å²) in [5.74, 6) is 0.473. The zero-order valence-electron chi connectivity index (χ0n) is 10.8. The minimum atomic E-state index is -2.88. The van der Waals surface area contributed by atoms with Crippen molar-refractivity contribution in [3.63, 3.8) is 0 Å². The fourth-order valence-corrected chi connectivity index (χ4v) is 3.50. The zero-order chi connectivity index (χ0) is 13.9. The van der Waals surface area contributed by atoms with E-state index in [0.29, 0.717) is 31.7 Å². The zero-order valence-corrected chi connectivity index (χ0v) is 11.6. The lowest BCUT2D eigenvalue weighted by atomic mass is 10.3. The highest BCUT2D eigenvalue weighted by Gasteiger charge is 2.18. The van der Waals surface area contributed by atoms with Gasteiger partial charge in [0.25, 0.3) is 5.56 Å². The molecule has 0 aliphatic carbocycles. The van der Waals surface area contributed by atoms with Gasteiger partial charge in [0.15, 0.2) is 9.84 Å². The summed E-state index contributed by atoms with van der Waals surface area (Å²) in [6, 6.07) is 3.03. The van der Waals surface area contributed by atoms with Crippen molar-refractivity contribution in [3.05, 3.63) is 28.7 Å². The molecule has 1 aromatic rings. The third-order valence-electron chi connectivity index (χ3n) is 3.31. The van der Waals surface area contributed by atoms with E-state index in [1.807, 2.05) is 0 Å². The molecule has 0 unspecified atom stereocenters. The van der Waals surface area contributed by atoms with Crippen LogP contribution in [0.2, 0.25) is 0 Å². The number of pyridine rings is 1. The van der Waals surface area contributed by atoms with Crippen molar-refractivity contribution in [2.75, 3.05) is 36.9 Å². The van der Waals surface area contributed by atoms with Gasteiger partial charge in [-0.15, -0.1) is 0 Å². The van der Waals surface area contributed by atoms with Crippen molar-refractivity contribution >= 4 is 15.5 Å². The van der Waals surface area contributed by atoms with Crippen molar-refractivity contribution in [1.82, 2.24) is 9.47 Å². The molecule has 106 valence electrons. The molecular weight excluding hydrogens is 266 g/mol. The number of anilines is 1. The molecule has 1 aliphatic rings. The van der Waals surface area contributed by atoms with E-state index in [4.69, 9.17) is 5.73 Å². The van der Waals surface area contributed by atoms with Crippen molar-refractivity contribution < 1.29 is 8.42 Å². The molecule has 1 fully saturated rings. The third kappa shape index (κ3) is 4.07. The monoisotopic (exact) mass is 285 g/mol. The SMILES string of the molecule is Nc1ccc(=O)n(CCN2CCCS(=O)(=O)CC2)c1. The molecule has 1 saturated heterocycles. The Hall–Kier alpha value is -1.34. The van der Waals surface area contributed by atoms with Crippen LogP contribution in [0, 0.1) is 0 Å². The molecule has 1 aliphatic heterocycles. The lowest BCUT2D eigenvalue weighted by molar-refractivity contribution is 0.281. The lowest BCUT2D eigenvalue weighted by Gasteiger charge is -2.19. The molecule has 19 heavy (non-hydrogen) atoms. The normalized spacial score (nSPS) is 20.0. The minimum Gasteiger partial charge on any atom is -0.398 e. The smallest absolute Gasteiger partial charge is 0.250 e. The summed E-state index contributed by atoms with van der Waals surface area (Å²) in [6.45, 7) is 2.50. The van der Waals surface area contributed by atoms with Crippen LogP contribution in [0.25, 0.3) is 0 Å². The maximum Gasteiger partial charge on any atom is 0.250 e. The van der Waals surface area contributed by atoms with Crippen LogP contribution in [0.4, 0.5) is 5.69 Å². The third-order valence-corrected chi connectivity index (χ3v) is 5.03. The van der Waals surface area contributed by atoms with Gasteiger partial charge in [-0.2, -0.15) is 0 Å². The van der Waals surface area contributed by atoms with E-state index in [9.17, 15) is 13.2 Å². The molecule has 0 saturated carbocycles. The largest absolute Gasteiger partial charge is 0.398 e. The molecule has 7 heteroatoms. The molecule has 0 amide bonds. The second-order valence-corrected chi connectivity index (χ2v) is 7.14. The average Bonchev–Trinajstić information content (AvgIpc) is 2.52. The Bertz CT molecular complexity index is 594. The van der Waals surface area contributed by atoms with Crippen LogP contribution in [-0.2, 0) is 16.4 Å². The lowest BCUT2D eigenvalue weighted by Crippen LogP contribution is -2.32. The molecule has 2 N–H and O–H groups in total. The Morgan fingerprint density at radius 1 is 1.16 bits per heavy atom. The molecule has 0 atom stereocenters. The van der Waals surface area contributed by atoms with Gasteiger partial charge in [-0.05, 0) is 19.0 Å². The number of rotatable bonds is 3. The van der Waals surface area contributed by atoms with Crippen molar-refractivity contribution in [3.8, 4) is 0 Å². The van der Waals surface area contributed by atoms with E-state index < -0.39 is 9.84 Å². The summed E-state index contributed by atoms with van der Waals surface area (Å²) in [5, 5.41) is 0. The summed E-state index contributed by atoms with van der Waals surface area (Å²) in [5.41, 5.74) is 6.11. The van der Waals surface area contributed by atoms with Gasteiger partial charge in [0.2, 0.25) is 0 Å². The molecule has 0 radical (unpaired) electrons. The highest BCUT2D eigenvalue weighted by Crippen LogP contribution is 2.05. The summed E-state index contributed by atoms with van der Waals surface area (Å²) in [4.78, 5) is 13.7. The van der Waals surface area contributed by atoms with Crippen LogP contribution in [0.1, 0.15) is 6.42 Å². The summed E-state index contributed by atoms with van der Waals surface area (Å²) < 4.78 is 24.5. The van der Waals surface area contributed by atoms with E-state index >= 15 is 0 Å². The van der Waals surface area contributed by atoms with E-state index in [-0.39, 0.29) is 17.1 Å². The second-order valence-electron chi connectivity index (χ2n) is 4.84. The number of aromatic nitrogens is 1. The first-order valence-corrected chi connectivity index (χ1v) is 8.17. The van der Waals surface area contributed by atoms with E-state index in [1.165, 1.54) is 6.07 Å². The average molecular weight is 285 g/mol. The molecule has 6 nitrogen and oxygen atoms in total. The Morgan fingerprint density at radius 3 is 2.74 bits per heavy atom. The van der Waals surface area contributed by atoms with E-state index in [1.54, 1.807) is 16.8 Å². The van der Waals surface area contributed by atoms with Gasteiger partial charge in [-0.1, -0.05) is 0 Å².